The van der Waals surface area contributed by atoms with E-state index >= 15 is 0 Å². The lowest BCUT2D eigenvalue weighted by molar-refractivity contribution is 0.432. The molecule has 0 atom stereocenters. The molecule has 0 amide bonds. The summed E-state index contributed by atoms with van der Waals surface area (Å²) in [6.45, 7) is 2.04. The van der Waals surface area contributed by atoms with E-state index in [4.69, 9.17) is 4.52 Å². The van der Waals surface area contributed by atoms with Crippen molar-refractivity contribution in [3.8, 4) is 34.7 Å². The molecule has 124 valence electrons. The van der Waals surface area contributed by atoms with Crippen molar-refractivity contribution in [2.24, 2.45) is 0 Å². The summed E-state index contributed by atoms with van der Waals surface area (Å²) >= 11 is 0. The molecule has 4 nitrogen and oxygen atoms in total. The van der Waals surface area contributed by atoms with E-state index in [1.54, 1.807) is 12.4 Å². The molecule has 0 N–H and O–H groups in total. The van der Waals surface area contributed by atoms with Crippen molar-refractivity contribution in [2.75, 3.05) is 0 Å². The smallest absolute Gasteiger partial charge is 0.259 e. The Bertz CT molecular complexity index is 1090. The molecular formula is C22H15N3O. The maximum atomic E-state index is 5.40. The van der Waals surface area contributed by atoms with E-state index in [2.05, 4.69) is 27.0 Å². The van der Waals surface area contributed by atoms with Crippen LogP contribution in [0.4, 0.5) is 0 Å². The number of aromatic nitrogens is 3. The van der Waals surface area contributed by atoms with Crippen molar-refractivity contribution in [1.82, 2.24) is 15.1 Å². The van der Waals surface area contributed by atoms with Gasteiger partial charge in [-0.3, -0.25) is 4.98 Å². The van der Waals surface area contributed by atoms with Gasteiger partial charge in [0.1, 0.15) is 0 Å². The summed E-state index contributed by atoms with van der Waals surface area (Å²) in [6.07, 6.45) is 3.41. The highest BCUT2D eigenvalue weighted by Gasteiger charge is 2.11. The monoisotopic (exact) mass is 337 g/mol. The quantitative estimate of drug-likeness (QED) is 0.505. The van der Waals surface area contributed by atoms with Crippen LogP contribution in [0, 0.1) is 18.8 Å². The summed E-state index contributed by atoms with van der Waals surface area (Å²) in [5, 5.41) is 4.07. The highest BCUT2D eigenvalue weighted by atomic mass is 16.5. The molecular weight excluding hydrogens is 322 g/mol. The first-order valence-corrected chi connectivity index (χ1v) is 8.21. The zero-order chi connectivity index (χ0) is 17.8. The molecule has 0 unspecified atom stereocenters. The van der Waals surface area contributed by atoms with Crippen LogP contribution in [-0.2, 0) is 0 Å². The third-order valence-corrected chi connectivity index (χ3v) is 3.85. The Morgan fingerprint density at radius 3 is 2.38 bits per heavy atom. The summed E-state index contributed by atoms with van der Waals surface area (Å²) in [4.78, 5) is 8.71. The molecule has 26 heavy (non-hydrogen) atoms. The summed E-state index contributed by atoms with van der Waals surface area (Å²) in [5.74, 6) is 7.22. The Labute approximate surface area is 151 Å². The van der Waals surface area contributed by atoms with Gasteiger partial charge in [-0.05, 0) is 25.1 Å². The molecule has 4 rings (SSSR count). The second-order valence-electron chi connectivity index (χ2n) is 5.87. The maximum absolute atomic E-state index is 5.40. The largest absolute Gasteiger partial charge is 0.334 e. The molecule has 4 heteroatoms. The van der Waals surface area contributed by atoms with Crippen LogP contribution in [0.15, 0.2) is 77.6 Å². The Balaban J connectivity index is 1.61. The van der Waals surface area contributed by atoms with Gasteiger partial charge in [-0.2, -0.15) is 4.98 Å². The number of hydrogen-bond acceptors (Lipinski definition) is 4. The van der Waals surface area contributed by atoms with Gasteiger partial charge in [0.05, 0.1) is 5.56 Å². The van der Waals surface area contributed by atoms with Gasteiger partial charge >= 0.3 is 0 Å². The van der Waals surface area contributed by atoms with Crippen LogP contribution in [0.5, 0.6) is 0 Å². The maximum Gasteiger partial charge on any atom is 0.259 e. The predicted octanol–water partition coefficient (Wildman–Crippen LogP) is 4.51. The Morgan fingerprint density at radius 1 is 0.808 bits per heavy atom. The molecule has 0 aliphatic carbocycles. The van der Waals surface area contributed by atoms with Gasteiger partial charge in [0, 0.05) is 29.1 Å². The minimum absolute atomic E-state index is 0.427. The van der Waals surface area contributed by atoms with Crippen LogP contribution in [0.25, 0.3) is 22.8 Å². The van der Waals surface area contributed by atoms with Gasteiger partial charge in [0.15, 0.2) is 0 Å². The van der Waals surface area contributed by atoms with E-state index in [1.807, 2.05) is 67.6 Å². The van der Waals surface area contributed by atoms with Crippen molar-refractivity contribution in [3.63, 3.8) is 0 Å². The number of rotatable bonds is 2. The fourth-order valence-electron chi connectivity index (χ4n) is 2.45. The lowest BCUT2D eigenvalue weighted by Crippen LogP contribution is -1.85. The zero-order valence-electron chi connectivity index (χ0n) is 14.2. The molecule has 0 saturated carbocycles. The molecule has 0 spiro atoms. The van der Waals surface area contributed by atoms with Gasteiger partial charge in [0.2, 0.25) is 5.82 Å². The highest BCUT2D eigenvalue weighted by molar-refractivity contribution is 5.60. The van der Waals surface area contributed by atoms with Crippen molar-refractivity contribution in [1.29, 1.82) is 0 Å². The summed E-state index contributed by atoms with van der Waals surface area (Å²) in [7, 11) is 0. The first kappa shape index (κ1) is 15.8. The Kier molecular flexibility index (Phi) is 4.28. The van der Waals surface area contributed by atoms with Crippen LogP contribution in [0.1, 0.15) is 16.7 Å². The topological polar surface area (TPSA) is 51.8 Å². The van der Waals surface area contributed by atoms with Crippen LogP contribution in [0.3, 0.4) is 0 Å². The summed E-state index contributed by atoms with van der Waals surface area (Å²) in [5.41, 5.74) is 4.60. The van der Waals surface area contributed by atoms with Crippen molar-refractivity contribution >= 4 is 0 Å². The summed E-state index contributed by atoms with van der Waals surface area (Å²) < 4.78 is 5.40. The average molecular weight is 337 g/mol. The highest BCUT2D eigenvalue weighted by Crippen LogP contribution is 2.22. The lowest BCUT2D eigenvalue weighted by Gasteiger charge is -1.95. The fraction of sp³-hybridized carbons (Fsp3) is 0.0455. The van der Waals surface area contributed by atoms with E-state index < -0.39 is 0 Å². The molecule has 2 aromatic carbocycles. The molecule has 0 radical (unpaired) electrons. The molecule has 2 aromatic heterocycles. The number of benzene rings is 2. The van der Waals surface area contributed by atoms with Crippen molar-refractivity contribution in [3.05, 3.63) is 89.7 Å². The van der Waals surface area contributed by atoms with E-state index in [0.717, 1.165) is 22.3 Å². The molecule has 0 bridgehead atoms. The second-order valence-corrected chi connectivity index (χ2v) is 5.87. The van der Waals surface area contributed by atoms with Crippen LogP contribution < -0.4 is 0 Å². The molecule has 0 saturated heterocycles. The standard InChI is InChI=1S/C22H15N3O/c1-16-7-11-19(12-8-16)21-24-22(26-25-21)20-13-18(14-23-15-20)10-9-17-5-3-2-4-6-17/h2-8,11-15H,1H3. The number of aryl methyl sites for hydroxylation is 1. The minimum atomic E-state index is 0.427. The second kappa shape index (κ2) is 7.04. The van der Waals surface area contributed by atoms with E-state index in [0.29, 0.717) is 11.7 Å². The van der Waals surface area contributed by atoms with E-state index in [1.165, 1.54) is 5.56 Å². The molecule has 0 fully saturated rings. The summed E-state index contributed by atoms with van der Waals surface area (Å²) in [6, 6.07) is 19.7. The van der Waals surface area contributed by atoms with Gasteiger partial charge in [-0.1, -0.05) is 65.0 Å². The molecule has 4 aromatic rings. The van der Waals surface area contributed by atoms with Crippen molar-refractivity contribution < 1.29 is 4.52 Å². The zero-order valence-corrected chi connectivity index (χ0v) is 14.2. The number of pyridine rings is 1. The van der Waals surface area contributed by atoms with Crippen LogP contribution in [0.2, 0.25) is 0 Å². The Hall–Kier alpha value is -3.71. The Morgan fingerprint density at radius 2 is 1.58 bits per heavy atom. The van der Waals surface area contributed by atoms with Crippen LogP contribution in [-0.4, -0.2) is 15.1 Å². The van der Waals surface area contributed by atoms with Gasteiger partial charge in [-0.25, -0.2) is 0 Å². The number of nitrogens with zero attached hydrogens (tertiary/aromatic N) is 3. The first-order chi connectivity index (χ1) is 12.8. The van der Waals surface area contributed by atoms with Gasteiger partial charge in [-0.15, -0.1) is 0 Å². The minimum Gasteiger partial charge on any atom is -0.334 e. The van der Waals surface area contributed by atoms with Gasteiger partial charge < -0.3 is 4.52 Å². The third kappa shape index (κ3) is 3.52. The van der Waals surface area contributed by atoms with E-state index in [-0.39, 0.29) is 0 Å². The van der Waals surface area contributed by atoms with Crippen molar-refractivity contribution in [2.45, 2.75) is 6.92 Å². The molecule has 0 aliphatic rings. The van der Waals surface area contributed by atoms with Gasteiger partial charge in [0.25, 0.3) is 5.89 Å². The molecule has 2 heterocycles. The normalized spacial score (nSPS) is 10.2. The van der Waals surface area contributed by atoms with E-state index in [9.17, 15) is 0 Å². The first-order valence-electron chi connectivity index (χ1n) is 8.21. The fourth-order valence-corrected chi connectivity index (χ4v) is 2.45. The van der Waals surface area contributed by atoms with Crippen LogP contribution >= 0.6 is 0 Å². The number of hydrogen-bond donors (Lipinski definition) is 0. The average Bonchev–Trinajstić information content (AvgIpc) is 3.18. The lowest BCUT2D eigenvalue weighted by atomic mass is 10.1. The molecule has 0 aliphatic heterocycles. The predicted molar refractivity (Wildman–Crippen MR) is 100 cm³/mol. The SMILES string of the molecule is Cc1ccc(-c2noc(-c3cncc(C#Cc4ccccc4)c3)n2)cc1. The third-order valence-electron chi connectivity index (χ3n) is 3.85.